The molecule has 1 saturated carbocycles. The molecular formula is C26H28N6O. The molecule has 1 aliphatic rings. The predicted molar refractivity (Wildman–Crippen MR) is 131 cm³/mol. The van der Waals surface area contributed by atoms with Gasteiger partial charge in [-0.2, -0.15) is 10.4 Å². The first-order chi connectivity index (χ1) is 16.1. The quantitative estimate of drug-likeness (QED) is 0.416. The number of hydrogen-bond acceptors (Lipinski definition) is 6. The second-order valence-corrected chi connectivity index (χ2v) is 8.43. The Bertz CT molecular complexity index is 1190. The maximum Gasteiger partial charge on any atom is 0.270 e. The zero-order valence-corrected chi connectivity index (χ0v) is 18.8. The number of aromatic amines is 1. The van der Waals surface area contributed by atoms with E-state index in [-0.39, 0.29) is 11.5 Å². The van der Waals surface area contributed by atoms with Gasteiger partial charge in [0.25, 0.3) is 5.56 Å². The lowest BCUT2D eigenvalue weighted by Crippen LogP contribution is -2.32. The molecule has 1 heterocycles. The minimum Gasteiger partial charge on any atom is -0.299 e. The molecule has 33 heavy (non-hydrogen) atoms. The minimum absolute atomic E-state index is 0.0236. The largest absolute Gasteiger partial charge is 0.299 e. The van der Waals surface area contributed by atoms with E-state index in [1.54, 1.807) is 6.21 Å². The fourth-order valence-electron chi connectivity index (χ4n) is 4.25. The summed E-state index contributed by atoms with van der Waals surface area (Å²) < 4.78 is 0. The number of aromatic nitrogens is 2. The number of anilines is 1. The van der Waals surface area contributed by atoms with Gasteiger partial charge in [-0.1, -0.05) is 73.9 Å². The van der Waals surface area contributed by atoms with Crippen LogP contribution in [0.2, 0.25) is 0 Å². The van der Waals surface area contributed by atoms with Gasteiger partial charge in [-0.05, 0) is 31.0 Å². The van der Waals surface area contributed by atoms with Crippen LogP contribution >= 0.6 is 0 Å². The molecule has 0 aliphatic heterocycles. The summed E-state index contributed by atoms with van der Waals surface area (Å²) in [7, 11) is 2.21. The van der Waals surface area contributed by atoms with Crippen molar-refractivity contribution in [3.8, 4) is 17.3 Å². The highest BCUT2D eigenvalue weighted by atomic mass is 16.1. The second-order valence-electron chi connectivity index (χ2n) is 8.43. The number of nitriles is 1. The molecule has 0 radical (unpaired) electrons. The number of rotatable bonds is 7. The number of nitrogens with one attached hydrogen (secondary N) is 2. The number of hydrogen-bond donors (Lipinski definition) is 2. The average molecular weight is 441 g/mol. The van der Waals surface area contributed by atoms with Crippen molar-refractivity contribution >= 4 is 12.2 Å². The van der Waals surface area contributed by atoms with Gasteiger partial charge in [0.05, 0.1) is 11.9 Å². The molecule has 1 aromatic heterocycles. The Morgan fingerprint density at radius 1 is 1.15 bits per heavy atom. The second kappa shape index (κ2) is 10.7. The van der Waals surface area contributed by atoms with Gasteiger partial charge in [-0.15, -0.1) is 0 Å². The summed E-state index contributed by atoms with van der Waals surface area (Å²) in [5.41, 5.74) is 5.48. The zero-order chi connectivity index (χ0) is 23.0. The zero-order valence-electron chi connectivity index (χ0n) is 18.8. The fourth-order valence-corrected chi connectivity index (χ4v) is 4.25. The summed E-state index contributed by atoms with van der Waals surface area (Å²) in [6, 6.07) is 20.1. The van der Waals surface area contributed by atoms with E-state index in [1.807, 2.05) is 48.5 Å². The van der Waals surface area contributed by atoms with E-state index < -0.39 is 5.56 Å². The van der Waals surface area contributed by atoms with Gasteiger partial charge in [0, 0.05) is 18.2 Å². The van der Waals surface area contributed by atoms with Gasteiger partial charge in [-0.25, -0.2) is 10.4 Å². The monoisotopic (exact) mass is 440 g/mol. The molecule has 4 rings (SSSR count). The molecule has 0 spiro atoms. The normalized spacial score (nSPS) is 14.5. The van der Waals surface area contributed by atoms with Crippen molar-refractivity contribution < 1.29 is 0 Å². The summed E-state index contributed by atoms with van der Waals surface area (Å²) in [5.74, 6) is 0.180. The van der Waals surface area contributed by atoms with E-state index in [0.717, 1.165) is 12.1 Å². The highest BCUT2D eigenvalue weighted by molar-refractivity contribution is 5.80. The molecule has 7 heteroatoms. The van der Waals surface area contributed by atoms with E-state index in [4.69, 9.17) is 0 Å². The van der Waals surface area contributed by atoms with Crippen molar-refractivity contribution in [2.24, 2.45) is 5.10 Å². The van der Waals surface area contributed by atoms with Gasteiger partial charge in [0.15, 0.2) is 0 Å². The molecule has 2 N–H and O–H groups in total. The molecule has 1 fully saturated rings. The Morgan fingerprint density at radius 2 is 1.88 bits per heavy atom. The van der Waals surface area contributed by atoms with Gasteiger partial charge in [-0.3, -0.25) is 14.7 Å². The highest BCUT2D eigenvalue weighted by Crippen LogP contribution is 2.23. The topological polar surface area (TPSA) is 97.2 Å². The first-order valence-electron chi connectivity index (χ1n) is 11.3. The third kappa shape index (κ3) is 5.73. The van der Waals surface area contributed by atoms with E-state index in [2.05, 4.69) is 44.6 Å². The summed E-state index contributed by atoms with van der Waals surface area (Å²) in [6.45, 7) is 0.943. The molecule has 3 aromatic rings. The molecule has 1 aliphatic carbocycles. The molecule has 0 saturated heterocycles. The van der Waals surface area contributed by atoms with Gasteiger partial charge in [0.1, 0.15) is 11.6 Å². The van der Waals surface area contributed by atoms with Crippen LogP contribution in [0.25, 0.3) is 11.3 Å². The van der Waals surface area contributed by atoms with Gasteiger partial charge in [0.2, 0.25) is 5.95 Å². The Labute approximate surface area is 193 Å². The summed E-state index contributed by atoms with van der Waals surface area (Å²) in [5, 5.41) is 13.6. The molecule has 0 atom stereocenters. The van der Waals surface area contributed by atoms with Crippen molar-refractivity contribution in [2.75, 3.05) is 12.5 Å². The van der Waals surface area contributed by atoms with Crippen molar-refractivity contribution in [2.45, 2.75) is 44.7 Å². The van der Waals surface area contributed by atoms with Crippen LogP contribution in [0.4, 0.5) is 5.95 Å². The lowest BCUT2D eigenvalue weighted by molar-refractivity contribution is 0.184. The molecule has 0 bridgehead atoms. The summed E-state index contributed by atoms with van der Waals surface area (Å²) in [6.07, 6.45) is 8.31. The van der Waals surface area contributed by atoms with Crippen LogP contribution in [0.5, 0.6) is 0 Å². The van der Waals surface area contributed by atoms with Crippen molar-refractivity contribution in [1.29, 1.82) is 5.26 Å². The smallest absolute Gasteiger partial charge is 0.270 e. The lowest BCUT2D eigenvalue weighted by atomic mass is 9.94. The van der Waals surface area contributed by atoms with Crippen LogP contribution in [0.3, 0.4) is 0 Å². The minimum atomic E-state index is -0.504. The summed E-state index contributed by atoms with van der Waals surface area (Å²) in [4.78, 5) is 21.7. The van der Waals surface area contributed by atoms with Crippen LogP contribution in [0.1, 0.15) is 48.8 Å². The van der Waals surface area contributed by atoms with Crippen molar-refractivity contribution in [1.82, 2.24) is 14.9 Å². The predicted octanol–water partition coefficient (Wildman–Crippen LogP) is 4.52. The molecule has 168 valence electrons. The Balaban J connectivity index is 1.41. The fraction of sp³-hybridized carbons (Fsp3) is 0.308. The molecule has 2 aromatic carbocycles. The highest BCUT2D eigenvalue weighted by Gasteiger charge is 2.17. The standard InChI is InChI=1S/C26H28N6O/c1-32(22-10-6-3-7-11-22)18-20-14-12-19(13-15-20)17-28-31-26-29-24(21-8-4-2-5-9-21)23(16-27)25(33)30-26/h2,4-5,8-9,12-15,17,22H,3,6-7,10-11,18H2,1H3,(H2,29,30,31,33). The number of H-pyrrole nitrogens is 1. The Hall–Kier alpha value is -3.76. The van der Waals surface area contributed by atoms with E-state index in [1.165, 1.54) is 37.7 Å². The van der Waals surface area contributed by atoms with Crippen molar-refractivity contribution in [3.05, 3.63) is 81.6 Å². The molecule has 7 nitrogen and oxygen atoms in total. The van der Waals surface area contributed by atoms with Crippen LogP contribution in [0.15, 0.2) is 64.5 Å². The SMILES string of the molecule is CN(Cc1ccc(C=NNc2nc(-c3ccccc3)c(C#N)c(=O)[nH]2)cc1)C1CCCCC1. The number of hydrazone groups is 1. The first kappa shape index (κ1) is 22.4. The van der Waals surface area contributed by atoms with Crippen molar-refractivity contribution in [3.63, 3.8) is 0 Å². The maximum absolute atomic E-state index is 12.3. The lowest BCUT2D eigenvalue weighted by Gasteiger charge is -2.31. The third-order valence-electron chi connectivity index (χ3n) is 6.07. The third-order valence-corrected chi connectivity index (χ3v) is 6.07. The Morgan fingerprint density at radius 3 is 2.58 bits per heavy atom. The van der Waals surface area contributed by atoms with Gasteiger partial charge < -0.3 is 0 Å². The molecule has 0 amide bonds. The maximum atomic E-state index is 12.3. The first-order valence-corrected chi connectivity index (χ1v) is 11.3. The van der Waals surface area contributed by atoms with E-state index in [9.17, 15) is 10.1 Å². The van der Waals surface area contributed by atoms with Crippen LogP contribution in [-0.2, 0) is 6.54 Å². The van der Waals surface area contributed by atoms with E-state index in [0.29, 0.717) is 17.3 Å². The van der Waals surface area contributed by atoms with Crippen LogP contribution < -0.4 is 11.0 Å². The molecular weight excluding hydrogens is 412 g/mol. The van der Waals surface area contributed by atoms with Crippen LogP contribution in [0, 0.1) is 11.3 Å². The summed E-state index contributed by atoms with van der Waals surface area (Å²) >= 11 is 0. The molecule has 0 unspecified atom stereocenters. The number of benzene rings is 2. The average Bonchev–Trinajstić information content (AvgIpc) is 2.86. The number of nitrogens with zero attached hydrogens (tertiary/aromatic N) is 4. The van der Waals surface area contributed by atoms with Gasteiger partial charge >= 0.3 is 0 Å². The Kier molecular flexibility index (Phi) is 7.28. The van der Waals surface area contributed by atoms with E-state index >= 15 is 0 Å². The van der Waals surface area contributed by atoms with Crippen LogP contribution in [-0.4, -0.2) is 34.2 Å².